The van der Waals surface area contributed by atoms with E-state index in [0.717, 1.165) is 12.5 Å². The fourth-order valence-corrected chi connectivity index (χ4v) is 3.65. The van der Waals surface area contributed by atoms with Crippen molar-refractivity contribution < 1.29 is 0 Å². The Hall–Kier alpha value is -0.900. The van der Waals surface area contributed by atoms with E-state index in [1.165, 1.54) is 25.0 Å². The first-order chi connectivity index (χ1) is 9.79. The van der Waals surface area contributed by atoms with E-state index >= 15 is 0 Å². The lowest BCUT2D eigenvalue weighted by molar-refractivity contribution is 0.125. The van der Waals surface area contributed by atoms with E-state index in [0.29, 0.717) is 23.3 Å². The van der Waals surface area contributed by atoms with Crippen molar-refractivity contribution in [3.05, 3.63) is 11.9 Å². The molecule has 0 spiro atoms. The Morgan fingerprint density at radius 1 is 1.33 bits per heavy atom. The van der Waals surface area contributed by atoms with Crippen molar-refractivity contribution in [3.8, 4) is 0 Å². The highest BCUT2D eigenvalue weighted by molar-refractivity contribution is 5.08. The molecule has 0 aromatic carbocycles. The Morgan fingerprint density at radius 2 is 2.05 bits per heavy atom. The maximum Gasteiger partial charge on any atom is 0.0728 e. The second-order valence-electron chi connectivity index (χ2n) is 8.09. The fraction of sp³-hybridized carbons (Fsp3) is 0.882. The summed E-state index contributed by atoms with van der Waals surface area (Å²) in [5.74, 6) is 2.06. The van der Waals surface area contributed by atoms with Gasteiger partial charge in [0.25, 0.3) is 0 Å². The Bertz CT molecular complexity index is 444. The van der Waals surface area contributed by atoms with E-state index in [9.17, 15) is 0 Å². The zero-order valence-electron chi connectivity index (χ0n) is 14.6. The first kappa shape index (κ1) is 16.5. The SMILES string of the molecule is CC(C)NCC1CCC(C(C)(C)C)CC1c1cnnn1C. The maximum atomic E-state index is 4.15. The van der Waals surface area contributed by atoms with E-state index in [1.54, 1.807) is 0 Å². The van der Waals surface area contributed by atoms with Crippen LogP contribution in [0.1, 0.15) is 65.5 Å². The highest BCUT2D eigenvalue weighted by Crippen LogP contribution is 2.46. The Labute approximate surface area is 129 Å². The minimum absolute atomic E-state index is 0.390. The Balaban J connectivity index is 2.16. The standard InChI is InChI=1S/C17H32N4/c1-12(2)18-10-13-7-8-14(17(3,4)5)9-15(13)16-11-19-20-21(16)6/h11-15,18H,7-10H2,1-6H3. The summed E-state index contributed by atoms with van der Waals surface area (Å²) in [4.78, 5) is 0. The fourth-order valence-electron chi connectivity index (χ4n) is 3.65. The summed E-state index contributed by atoms with van der Waals surface area (Å²) in [5.41, 5.74) is 1.69. The minimum Gasteiger partial charge on any atom is -0.314 e. The lowest BCUT2D eigenvalue weighted by Crippen LogP contribution is -2.38. The van der Waals surface area contributed by atoms with E-state index in [-0.39, 0.29) is 0 Å². The smallest absolute Gasteiger partial charge is 0.0728 e. The van der Waals surface area contributed by atoms with Gasteiger partial charge in [0.15, 0.2) is 0 Å². The summed E-state index contributed by atoms with van der Waals surface area (Å²) in [6, 6.07) is 0.552. The lowest BCUT2D eigenvalue weighted by Gasteiger charge is -2.42. The van der Waals surface area contributed by atoms with Gasteiger partial charge in [0.1, 0.15) is 0 Å². The molecular weight excluding hydrogens is 260 g/mol. The van der Waals surface area contributed by atoms with Crippen LogP contribution in [0.4, 0.5) is 0 Å². The molecule has 1 heterocycles. The van der Waals surface area contributed by atoms with Crippen LogP contribution in [-0.2, 0) is 7.05 Å². The summed E-state index contributed by atoms with van der Waals surface area (Å²) < 4.78 is 1.97. The summed E-state index contributed by atoms with van der Waals surface area (Å²) in [6.07, 6.45) is 5.88. The first-order valence-corrected chi connectivity index (χ1v) is 8.37. The van der Waals surface area contributed by atoms with Crippen LogP contribution in [0.5, 0.6) is 0 Å². The molecule has 0 aliphatic heterocycles. The second-order valence-corrected chi connectivity index (χ2v) is 8.09. The van der Waals surface area contributed by atoms with Crippen molar-refractivity contribution >= 4 is 0 Å². The van der Waals surface area contributed by atoms with Gasteiger partial charge in [-0.1, -0.05) is 39.8 Å². The van der Waals surface area contributed by atoms with Crippen molar-refractivity contribution in [2.75, 3.05) is 6.54 Å². The molecule has 4 heteroatoms. The van der Waals surface area contributed by atoms with Gasteiger partial charge in [0, 0.05) is 19.0 Å². The van der Waals surface area contributed by atoms with Crippen LogP contribution in [-0.4, -0.2) is 27.6 Å². The molecule has 1 aromatic heterocycles. The van der Waals surface area contributed by atoms with Gasteiger partial charge in [-0.3, -0.25) is 4.68 Å². The topological polar surface area (TPSA) is 42.7 Å². The van der Waals surface area contributed by atoms with Crippen LogP contribution in [0, 0.1) is 17.3 Å². The molecule has 1 aliphatic carbocycles. The van der Waals surface area contributed by atoms with Crippen molar-refractivity contribution in [2.24, 2.45) is 24.3 Å². The third-order valence-corrected chi connectivity index (χ3v) is 5.14. The zero-order chi connectivity index (χ0) is 15.6. The van der Waals surface area contributed by atoms with Gasteiger partial charge in [-0.05, 0) is 43.1 Å². The molecule has 21 heavy (non-hydrogen) atoms. The van der Waals surface area contributed by atoms with Gasteiger partial charge >= 0.3 is 0 Å². The van der Waals surface area contributed by atoms with E-state index in [4.69, 9.17) is 0 Å². The molecule has 1 aliphatic rings. The number of aromatic nitrogens is 3. The summed E-state index contributed by atoms with van der Waals surface area (Å²) in [5, 5.41) is 11.9. The van der Waals surface area contributed by atoms with Gasteiger partial charge in [-0.25, -0.2) is 0 Å². The first-order valence-electron chi connectivity index (χ1n) is 8.37. The maximum absolute atomic E-state index is 4.15. The van der Waals surface area contributed by atoms with Gasteiger partial charge in [-0.15, -0.1) is 5.10 Å². The van der Waals surface area contributed by atoms with Crippen molar-refractivity contribution in [1.82, 2.24) is 20.3 Å². The molecule has 0 saturated heterocycles. The van der Waals surface area contributed by atoms with Crippen LogP contribution >= 0.6 is 0 Å². The number of hydrogen-bond acceptors (Lipinski definition) is 3. The van der Waals surface area contributed by atoms with Crippen molar-refractivity contribution in [1.29, 1.82) is 0 Å². The summed E-state index contributed by atoms with van der Waals surface area (Å²) in [7, 11) is 2.02. The van der Waals surface area contributed by atoms with E-state index in [2.05, 4.69) is 50.2 Å². The molecule has 1 fully saturated rings. The highest BCUT2D eigenvalue weighted by atomic mass is 15.4. The van der Waals surface area contributed by atoms with Crippen molar-refractivity contribution in [2.45, 2.75) is 65.8 Å². The van der Waals surface area contributed by atoms with Gasteiger partial charge in [0.2, 0.25) is 0 Å². The second kappa shape index (κ2) is 6.47. The van der Waals surface area contributed by atoms with E-state index in [1.807, 2.05) is 17.9 Å². The molecule has 2 rings (SSSR count). The predicted octanol–water partition coefficient (Wildman–Crippen LogP) is 3.36. The Kier molecular flexibility index (Phi) is 5.07. The number of hydrogen-bond donors (Lipinski definition) is 1. The average molecular weight is 292 g/mol. The highest BCUT2D eigenvalue weighted by Gasteiger charge is 2.37. The third kappa shape index (κ3) is 4.06. The molecule has 0 bridgehead atoms. The van der Waals surface area contributed by atoms with Gasteiger partial charge in [0.05, 0.1) is 11.9 Å². The molecule has 1 saturated carbocycles. The monoisotopic (exact) mass is 292 g/mol. The summed E-state index contributed by atoms with van der Waals surface area (Å²) >= 11 is 0. The number of rotatable bonds is 4. The number of nitrogens with zero attached hydrogens (tertiary/aromatic N) is 3. The molecule has 3 unspecified atom stereocenters. The van der Waals surface area contributed by atoms with Crippen LogP contribution in [0.25, 0.3) is 0 Å². The molecular formula is C17H32N4. The molecule has 120 valence electrons. The lowest BCUT2D eigenvalue weighted by atomic mass is 9.65. The Morgan fingerprint density at radius 3 is 2.57 bits per heavy atom. The molecule has 1 aromatic rings. The molecule has 3 atom stereocenters. The predicted molar refractivity (Wildman–Crippen MR) is 87.2 cm³/mol. The van der Waals surface area contributed by atoms with Crippen LogP contribution in [0.2, 0.25) is 0 Å². The van der Waals surface area contributed by atoms with Crippen LogP contribution in [0.3, 0.4) is 0 Å². The number of aryl methyl sites for hydroxylation is 1. The van der Waals surface area contributed by atoms with Crippen LogP contribution < -0.4 is 5.32 Å². The average Bonchev–Trinajstić information content (AvgIpc) is 2.81. The molecule has 0 amide bonds. The largest absolute Gasteiger partial charge is 0.314 e. The van der Waals surface area contributed by atoms with Crippen molar-refractivity contribution in [3.63, 3.8) is 0 Å². The number of nitrogens with one attached hydrogen (secondary N) is 1. The normalized spacial score (nSPS) is 27.3. The third-order valence-electron chi connectivity index (χ3n) is 5.14. The molecule has 0 radical (unpaired) electrons. The quantitative estimate of drug-likeness (QED) is 0.925. The van der Waals surface area contributed by atoms with Gasteiger partial charge in [-0.2, -0.15) is 0 Å². The van der Waals surface area contributed by atoms with Gasteiger partial charge < -0.3 is 5.32 Å². The minimum atomic E-state index is 0.390. The molecule has 1 N–H and O–H groups in total. The zero-order valence-corrected chi connectivity index (χ0v) is 14.6. The molecule has 4 nitrogen and oxygen atoms in total. The summed E-state index contributed by atoms with van der Waals surface area (Å²) in [6.45, 7) is 12.7. The van der Waals surface area contributed by atoms with E-state index < -0.39 is 0 Å². The van der Waals surface area contributed by atoms with Crippen LogP contribution in [0.15, 0.2) is 6.20 Å².